The molecular formula is C24H22ClIN2O4. The average molecular weight is 565 g/mol. The van der Waals surface area contributed by atoms with Gasteiger partial charge in [0.2, 0.25) is 0 Å². The lowest BCUT2D eigenvalue weighted by molar-refractivity contribution is 0.0952. The van der Waals surface area contributed by atoms with Crippen molar-refractivity contribution in [1.82, 2.24) is 5.43 Å². The lowest BCUT2D eigenvalue weighted by Gasteiger charge is -2.15. The predicted molar refractivity (Wildman–Crippen MR) is 134 cm³/mol. The van der Waals surface area contributed by atoms with E-state index in [0.29, 0.717) is 41.0 Å². The van der Waals surface area contributed by atoms with Crippen molar-refractivity contribution in [1.29, 1.82) is 0 Å². The smallest absolute Gasteiger partial charge is 0.275 e. The highest BCUT2D eigenvalue weighted by Gasteiger charge is 2.14. The lowest BCUT2D eigenvalue weighted by Crippen LogP contribution is -2.18. The van der Waals surface area contributed by atoms with Crippen LogP contribution < -0.4 is 19.6 Å². The van der Waals surface area contributed by atoms with Crippen molar-refractivity contribution in [3.8, 4) is 17.2 Å². The fraction of sp³-hybridized carbons (Fsp3) is 0.167. The van der Waals surface area contributed by atoms with E-state index in [-0.39, 0.29) is 5.91 Å². The van der Waals surface area contributed by atoms with Gasteiger partial charge in [-0.25, -0.2) is 5.43 Å². The molecular weight excluding hydrogens is 543 g/mol. The number of hydrogen-bond acceptors (Lipinski definition) is 5. The molecule has 0 aliphatic carbocycles. The van der Waals surface area contributed by atoms with Gasteiger partial charge >= 0.3 is 0 Å². The molecule has 3 aromatic rings. The van der Waals surface area contributed by atoms with Gasteiger partial charge in [-0.15, -0.1) is 0 Å². The Balaban J connectivity index is 1.74. The summed E-state index contributed by atoms with van der Waals surface area (Å²) in [7, 11) is 1.52. The molecule has 0 fully saturated rings. The van der Waals surface area contributed by atoms with Crippen molar-refractivity contribution < 1.29 is 19.0 Å². The Morgan fingerprint density at radius 1 is 1.09 bits per heavy atom. The predicted octanol–water partition coefficient (Wildman–Crippen LogP) is 5.69. The molecule has 6 nitrogen and oxygen atoms in total. The van der Waals surface area contributed by atoms with Crippen LogP contribution in [0, 0.1) is 3.57 Å². The zero-order valence-corrected chi connectivity index (χ0v) is 20.5. The summed E-state index contributed by atoms with van der Waals surface area (Å²) in [6.07, 6.45) is 1.55. The third-order valence-corrected chi connectivity index (χ3v) is 5.56. The number of halogens is 2. The van der Waals surface area contributed by atoms with Gasteiger partial charge in [0.15, 0.2) is 11.5 Å². The topological polar surface area (TPSA) is 69.2 Å². The van der Waals surface area contributed by atoms with Gasteiger partial charge < -0.3 is 14.2 Å². The summed E-state index contributed by atoms with van der Waals surface area (Å²) in [6, 6.07) is 18.2. The molecule has 0 saturated heterocycles. The highest BCUT2D eigenvalue weighted by Crippen LogP contribution is 2.35. The number of carbonyl (C=O) groups is 1. The summed E-state index contributed by atoms with van der Waals surface area (Å²) >= 11 is 8.41. The average Bonchev–Trinajstić information content (AvgIpc) is 2.79. The number of nitrogens with one attached hydrogen (secondary N) is 1. The molecule has 3 aromatic carbocycles. The minimum absolute atomic E-state index is 0.318. The first-order valence-electron chi connectivity index (χ1n) is 9.82. The second-order valence-corrected chi connectivity index (χ2v) is 8.11. The van der Waals surface area contributed by atoms with E-state index in [9.17, 15) is 4.79 Å². The largest absolute Gasteiger partial charge is 0.496 e. The van der Waals surface area contributed by atoms with E-state index in [1.807, 2.05) is 43.3 Å². The standard InChI is InChI=1S/C24H22ClIN2O4/c1-3-31-22-13-16(14-27-28-24(29)18-9-5-7-11-21(18)30-2)12-20(26)23(22)32-15-17-8-4-6-10-19(17)25/h4-14H,3,15H2,1-2H3,(H,28,29)/b27-14-. The van der Waals surface area contributed by atoms with Gasteiger partial charge in [-0.2, -0.15) is 5.10 Å². The number of amides is 1. The quantitative estimate of drug-likeness (QED) is 0.206. The number of carbonyl (C=O) groups excluding carboxylic acids is 1. The number of ether oxygens (including phenoxy) is 3. The van der Waals surface area contributed by atoms with Gasteiger partial charge in [-0.05, 0) is 65.4 Å². The van der Waals surface area contributed by atoms with Crippen molar-refractivity contribution >= 4 is 46.3 Å². The fourth-order valence-electron chi connectivity index (χ4n) is 2.89. The molecule has 0 unspecified atom stereocenters. The molecule has 1 amide bonds. The van der Waals surface area contributed by atoms with Crippen LogP contribution in [-0.4, -0.2) is 25.8 Å². The Labute approximate surface area is 205 Å². The second-order valence-electron chi connectivity index (χ2n) is 6.54. The number of hydrogen-bond donors (Lipinski definition) is 1. The Kier molecular flexibility index (Phi) is 8.75. The van der Waals surface area contributed by atoms with Crippen LogP contribution in [0.4, 0.5) is 0 Å². The molecule has 166 valence electrons. The van der Waals surface area contributed by atoms with Crippen LogP contribution in [0.5, 0.6) is 17.2 Å². The molecule has 0 bridgehead atoms. The number of hydrazone groups is 1. The first kappa shape index (κ1) is 23.9. The Morgan fingerprint density at radius 2 is 1.84 bits per heavy atom. The molecule has 0 aromatic heterocycles. The van der Waals surface area contributed by atoms with Crippen LogP contribution in [0.2, 0.25) is 5.02 Å². The maximum atomic E-state index is 12.4. The van der Waals surface area contributed by atoms with Crippen LogP contribution in [0.1, 0.15) is 28.4 Å². The molecule has 0 radical (unpaired) electrons. The molecule has 0 heterocycles. The number of nitrogens with zero attached hydrogens (tertiary/aromatic N) is 1. The van der Waals surface area contributed by atoms with Crippen molar-refractivity contribution in [2.24, 2.45) is 5.10 Å². The zero-order valence-electron chi connectivity index (χ0n) is 17.6. The van der Waals surface area contributed by atoms with Crippen molar-refractivity contribution in [3.63, 3.8) is 0 Å². The minimum atomic E-state index is -0.363. The summed E-state index contributed by atoms with van der Waals surface area (Å²) in [5.74, 6) is 1.33. The highest BCUT2D eigenvalue weighted by atomic mass is 127. The SMILES string of the molecule is CCOc1cc(/C=N\NC(=O)c2ccccc2OC)cc(I)c1OCc1ccccc1Cl. The Morgan fingerprint density at radius 3 is 2.59 bits per heavy atom. The van der Waals surface area contributed by atoms with Gasteiger partial charge in [-0.1, -0.05) is 41.9 Å². The molecule has 0 spiro atoms. The molecule has 0 saturated carbocycles. The maximum absolute atomic E-state index is 12.4. The van der Waals surface area contributed by atoms with Crippen molar-refractivity contribution in [2.45, 2.75) is 13.5 Å². The molecule has 0 atom stereocenters. The molecule has 32 heavy (non-hydrogen) atoms. The van der Waals surface area contributed by atoms with Crippen LogP contribution in [0.3, 0.4) is 0 Å². The maximum Gasteiger partial charge on any atom is 0.275 e. The van der Waals surface area contributed by atoms with Gasteiger partial charge in [0.05, 0.1) is 29.1 Å². The van der Waals surface area contributed by atoms with Crippen molar-refractivity contribution in [3.05, 3.63) is 85.9 Å². The summed E-state index contributed by atoms with van der Waals surface area (Å²) in [5.41, 5.74) is 4.56. The van der Waals surface area contributed by atoms with Crippen LogP contribution in [0.25, 0.3) is 0 Å². The zero-order chi connectivity index (χ0) is 22.9. The molecule has 8 heteroatoms. The normalized spacial score (nSPS) is 10.8. The highest BCUT2D eigenvalue weighted by molar-refractivity contribution is 14.1. The monoisotopic (exact) mass is 564 g/mol. The van der Waals surface area contributed by atoms with E-state index >= 15 is 0 Å². The first-order valence-corrected chi connectivity index (χ1v) is 11.3. The van der Waals surface area contributed by atoms with E-state index in [2.05, 4.69) is 33.1 Å². The minimum Gasteiger partial charge on any atom is -0.496 e. The summed E-state index contributed by atoms with van der Waals surface area (Å²) in [5, 5.41) is 4.72. The van der Waals surface area contributed by atoms with E-state index in [1.165, 1.54) is 7.11 Å². The molecule has 0 aliphatic heterocycles. The van der Waals surface area contributed by atoms with E-state index < -0.39 is 0 Å². The number of para-hydroxylation sites is 1. The van der Waals surface area contributed by atoms with Gasteiger partial charge in [0.25, 0.3) is 5.91 Å². The Hall–Kier alpha value is -2.78. The summed E-state index contributed by atoms with van der Waals surface area (Å²) in [6.45, 7) is 2.70. The van der Waals surface area contributed by atoms with Crippen LogP contribution >= 0.6 is 34.2 Å². The molecule has 0 aliphatic rings. The fourth-order valence-corrected chi connectivity index (χ4v) is 3.86. The Bertz CT molecular complexity index is 1120. The van der Waals surface area contributed by atoms with Crippen LogP contribution in [-0.2, 0) is 6.61 Å². The summed E-state index contributed by atoms with van der Waals surface area (Å²) in [4.78, 5) is 12.4. The lowest BCUT2D eigenvalue weighted by atomic mass is 10.2. The third-order valence-electron chi connectivity index (χ3n) is 4.39. The van der Waals surface area contributed by atoms with Crippen molar-refractivity contribution in [2.75, 3.05) is 13.7 Å². The van der Waals surface area contributed by atoms with Gasteiger partial charge in [-0.3, -0.25) is 4.79 Å². The van der Waals surface area contributed by atoms with E-state index in [1.54, 1.807) is 30.5 Å². The molecule has 1 N–H and O–H groups in total. The second kappa shape index (κ2) is 11.7. The third kappa shape index (κ3) is 6.14. The van der Waals surface area contributed by atoms with Gasteiger partial charge in [0, 0.05) is 10.6 Å². The van der Waals surface area contributed by atoms with E-state index in [4.69, 9.17) is 25.8 Å². The van der Waals surface area contributed by atoms with Crippen LogP contribution in [0.15, 0.2) is 65.8 Å². The molecule has 3 rings (SSSR count). The van der Waals surface area contributed by atoms with Gasteiger partial charge in [0.1, 0.15) is 12.4 Å². The first-order chi connectivity index (χ1) is 15.5. The van der Waals surface area contributed by atoms with E-state index in [0.717, 1.165) is 14.7 Å². The number of benzene rings is 3. The number of methoxy groups -OCH3 is 1. The number of rotatable bonds is 9. The summed E-state index contributed by atoms with van der Waals surface area (Å²) < 4.78 is 17.9.